The maximum absolute atomic E-state index is 12.6. The van der Waals surface area contributed by atoms with Gasteiger partial charge in [-0.05, 0) is 55.6 Å². The van der Waals surface area contributed by atoms with Gasteiger partial charge in [0.15, 0.2) is 0 Å². The van der Waals surface area contributed by atoms with Crippen LogP contribution in [0.2, 0.25) is 0 Å². The Morgan fingerprint density at radius 3 is 2.60 bits per heavy atom. The van der Waals surface area contributed by atoms with E-state index in [4.69, 9.17) is 4.98 Å². The molecule has 0 atom stereocenters. The SMILES string of the molecule is CN1CCN(c2cccc3[nH]c(-c4n[nH]c5ccc(-c6cncc(NC(=O)c7ccccc7)c6)nc45)cc23)CC1. The molecule has 1 aliphatic heterocycles. The van der Waals surface area contributed by atoms with E-state index >= 15 is 0 Å². The molecule has 1 saturated heterocycles. The zero-order chi connectivity index (χ0) is 27.1. The van der Waals surface area contributed by atoms with Crippen LogP contribution in [0.3, 0.4) is 0 Å². The molecule has 3 N–H and O–H groups in total. The lowest BCUT2D eigenvalue weighted by atomic mass is 10.1. The van der Waals surface area contributed by atoms with E-state index in [2.05, 4.69) is 66.6 Å². The van der Waals surface area contributed by atoms with Crippen LogP contribution >= 0.6 is 0 Å². The highest BCUT2D eigenvalue weighted by molar-refractivity contribution is 6.04. The fourth-order valence-corrected chi connectivity index (χ4v) is 5.28. The van der Waals surface area contributed by atoms with Crippen molar-refractivity contribution in [3.63, 3.8) is 0 Å². The number of amides is 1. The molecule has 4 aromatic heterocycles. The van der Waals surface area contributed by atoms with Crippen LogP contribution in [0.1, 0.15) is 10.4 Å². The van der Waals surface area contributed by atoms with Crippen molar-refractivity contribution in [3.05, 3.63) is 90.8 Å². The molecule has 0 aliphatic carbocycles. The van der Waals surface area contributed by atoms with Gasteiger partial charge in [-0.1, -0.05) is 24.3 Å². The summed E-state index contributed by atoms with van der Waals surface area (Å²) in [5, 5.41) is 11.9. The number of pyridine rings is 2. The number of nitrogens with one attached hydrogen (secondary N) is 3. The predicted octanol–water partition coefficient (Wildman–Crippen LogP) is 5.17. The van der Waals surface area contributed by atoms with E-state index in [1.54, 1.807) is 24.5 Å². The summed E-state index contributed by atoms with van der Waals surface area (Å²) in [6.07, 6.45) is 3.38. The van der Waals surface area contributed by atoms with Gasteiger partial charge < -0.3 is 20.1 Å². The van der Waals surface area contributed by atoms with Crippen molar-refractivity contribution in [2.24, 2.45) is 0 Å². The van der Waals surface area contributed by atoms with Crippen molar-refractivity contribution in [3.8, 4) is 22.6 Å². The maximum Gasteiger partial charge on any atom is 0.255 e. The Morgan fingerprint density at radius 1 is 0.900 bits per heavy atom. The number of fused-ring (bicyclic) bond motifs is 2. The van der Waals surface area contributed by atoms with Crippen LogP contribution in [-0.4, -0.2) is 69.2 Å². The number of piperazine rings is 1. The largest absolute Gasteiger partial charge is 0.368 e. The summed E-state index contributed by atoms with van der Waals surface area (Å²) in [6.45, 7) is 4.11. The Kier molecular flexibility index (Phi) is 5.98. The molecule has 0 spiro atoms. The molecule has 198 valence electrons. The first-order chi connectivity index (χ1) is 19.6. The number of aromatic nitrogens is 5. The lowest BCUT2D eigenvalue weighted by Crippen LogP contribution is -2.44. The van der Waals surface area contributed by atoms with Crippen LogP contribution in [-0.2, 0) is 0 Å². The van der Waals surface area contributed by atoms with Crippen LogP contribution in [0.5, 0.6) is 0 Å². The molecule has 9 heteroatoms. The summed E-state index contributed by atoms with van der Waals surface area (Å²) < 4.78 is 0. The summed E-state index contributed by atoms with van der Waals surface area (Å²) in [5.41, 5.74) is 8.33. The Labute approximate surface area is 230 Å². The minimum Gasteiger partial charge on any atom is -0.368 e. The molecule has 0 bridgehead atoms. The van der Waals surface area contributed by atoms with Crippen molar-refractivity contribution in [1.82, 2.24) is 30.0 Å². The van der Waals surface area contributed by atoms with Gasteiger partial charge in [-0.25, -0.2) is 4.98 Å². The van der Waals surface area contributed by atoms with Gasteiger partial charge in [0.2, 0.25) is 0 Å². The first-order valence-electron chi connectivity index (χ1n) is 13.3. The molecule has 0 radical (unpaired) electrons. The van der Waals surface area contributed by atoms with E-state index < -0.39 is 0 Å². The number of carbonyl (C=O) groups excluding carboxylic acids is 1. The number of nitrogens with zero attached hydrogens (tertiary/aromatic N) is 5. The number of H-pyrrole nitrogens is 2. The second kappa shape index (κ2) is 9.94. The van der Waals surface area contributed by atoms with E-state index in [-0.39, 0.29) is 5.91 Å². The first kappa shape index (κ1) is 24.1. The summed E-state index contributed by atoms with van der Waals surface area (Å²) >= 11 is 0. The lowest BCUT2D eigenvalue weighted by molar-refractivity contribution is 0.102. The lowest BCUT2D eigenvalue weighted by Gasteiger charge is -2.34. The van der Waals surface area contributed by atoms with Gasteiger partial charge >= 0.3 is 0 Å². The number of benzene rings is 2. The van der Waals surface area contributed by atoms with Gasteiger partial charge in [0.25, 0.3) is 5.91 Å². The molecule has 0 unspecified atom stereocenters. The second-order valence-corrected chi connectivity index (χ2v) is 10.2. The minimum absolute atomic E-state index is 0.185. The first-order valence-corrected chi connectivity index (χ1v) is 13.3. The minimum atomic E-state index is -0.185. The van der Waals surface area contributed by atoms with Crippen LogP contribution in [0.15, 0.2) is 85.2 Å². The fourth-order valence-electron chi connectivity index (χ4n) is 5.28. The van der Waals surface area contributed by atoms with Gasteiger partial charge in [0, 0.05) is 60.1 Å². The zero-order valence-corrected chi connectivity index (χ0v) is 22.1. The number of likely N-dealkylation sites (N-methyl/N-ethyl adjacent to an activating group) is 1. The number of rotatable bonds is 5. The molecular weight excluding hydrogens is 500 g/mol. The normalized spacial score (nSPS) is 14.2. The zero-order valence-electron chi connectivity index (χ0n) is 22.1. The van der Waals surface area contributed by atoms with Crippen LogP contribution < -0.4 is 10.2 Å². The number of anilines is 2. The third-order valence-electron chi connectivity index (χ3n) is 7.48. The topological polar surface area (TPSA) is 106 Å². The number of aromatic amines is 2. The molecule has 5 heterocycles. The number of carbonyl (C=O) groups is 1. The third-order valence-corrected chi connectivity index (χ3v) is 7.48. The molecule has 1 amide bonds. The van der Waals surface area contributed by atoms with Crippen LogP contribution in [0.4, 0.5) is 11.4 Å². The van der Waals surface area contributed by atoms with Crippen LogP contribution in [0, 0.1) is 0 Å². The van der Waals surface area contributed by atoms with Crippen LogP contribution in [0.25, 0.3) is 44.6 Å². The van der Waals surface area contributed by atoms with E-state index in [0.717, 1.165) is 65.4 Å². The molecule has 0 saturated carbocycles. The van der Waals surface area contributed by atoms with Gasteiger partial charge in [-0.2, -0.15) is 5.10 Å². The average Bonchev–Trinajstić information content (AvgIpc) is 3.62. The molecule has 9 nitrogen and oxygen atoms in total. The Balaban J connectivity index is 1.21. The predicted molar refractivity (Wildman–Crippen MR) is 159 cm³/mol. The Hall–Kier alpha value is -5.02. The summed E-state index contributed by atoms with van der Waals surface area (Å²) in [7, 11) is 2.17. The van der Waals surface area contributed by atoms with Crippen molar-refractivity contribution in [1.29, 1.82) is 0 Å². The fraction of sp³-hybridized carbons (Fsp3) is 0.161. The highest BCUT2D eigenvalue weighted by atomic mass is 16.1. The van der Waals surface area contributed by atoms with E-state index in [0.29, 0.717) is 11.3 Å². The van der Waals surface area contributed by atoms with Gasteiger partial charge in [0.1, 0.15) is 11.2 Å². The van der Waals surface area contributed by atoms with Gasteiger partial charge in [-0.3, -0.25) is 14.9 Å². The molecule has 6 aromatic rings. The highest BCUT2D eigenvalue weighted by Gasteiger charge is 2.19. The van der Waals surface area contributed by atoms with Crippen molar-refractivity contribution in [2.75, 3.05) is 43.4 Å². The quantitative estimate of drug-likeness (QED) is 0.285. The Bertz CT molecular complexity index is 1830. The van der Waals surface area contributed by atoms with Crippen molar-refractivity contribution < 1.29 is 4.79 Å². The summed E-state index contributed by atoms with van der Waals surface area (Å²) in [5.74, 6) is -0.185. The smallest absolute Gasteiger partial charge is 0.255 e. The monoisotopic (exact) mass is 528 g/mol. The van der Waals surface area contributed by atoms with Crippen molar-refractivity contribution in [2.45, 2.75) is 0 Å². The van der Waals surface area contributed by atoms with Crippen molar-refractivity contribution >= 4 is 39.2 Å². The molecule has 7 rings (SSSR count). The average molecular weight is 529 g/mol. The highest BCUT2D eigenvalue weighted by Crippen LogP contribution is 2.34. The number of hydrogen-bond acceptors (Lipinski definition) is 6. The maximum atomic E-state index is 12.6. The standard InChI is InChI=1S/C31H28N8O/c1-38-12-14-39(15-13-38)28-9-5-8-25-23(28)17-27(34-25)30-29-26(36-37-30)11-10-24(35-29)21-16-22(19-32-18-21)33-31(40)20-6-3-2-4-7-20/h2-11,16-19,34H,12-15H2,1H3,(H,33,40)(H,36,37). The number of hydrogen-bond donors (Lipinski definition) is 3. The molecule has 40 heavy (non-hydrogen) atoms. The van der Waals surface area contributed by atoms with E-state index in [1.165, 1.54) is 11.1 Å². The second-order valence-electron chi connectivity index (χ2n) is 10.2. The summed E-state index contributed by atoms with van der Waals surface area (Å²) in [4.78, 5) is 30.3. The molecular formula is C31H28N8O. The molecule has 1 fully saturated rings. The summed E-state index contributed by atoms with van der Waals surface area (Å²) in [6, 6.07) is 23.5. The van der Waals surface area contributed by atoms with E-state index in [1.807, 2.05) is 36.4 Å². The molecule has 1 aliphatic rings. The third kappa shape index (κ3) is 4.46. The van der Waals surface area contributed by atoms with E-state index in [9.17, 15) is 4.79 Å². The Morgan fingerprint density at radius 2 is 1.75 bits per heavy atom. The molecule has 2 aromatic carbocycles. The van der Waals surface area contributed by atoms with Gasteiger partial charge in [-0.15, -0.1) is 0 Å². The van der Waals surface area contributed by atoms with Gasteiger partial charge in [0.05, 0.1) is 28.8 Å².